The number of nitrogens with one attached hydrogen (secondary N) is 4. The Hall–Kier alpha value is -2.84. The van der Waals surface area contributed by atoms with E-state index < -0.39 is 71.7 Å². The van der Waals surface area contributed by atoms with Gasteiger partial charge in [0.15, 0.2) is 0 Å². The lowest BCUT2D eigenvalue weighted by molar-refractivity contribution is -0.144. The Kier molecular flexibility index (Phi) is 22.7. The number of methoxy groups -OCH3 is 4. The summed E-state index contributed by atoms with van der Waals surface area (Å²) in [6.07, 6.45) is 1.40. The van der Waals surface area contributed by atoms with Crippen LogP contribution in [-0.4, -0.2) is 123 Å². The molecule has 1 fully saturated rings. The van der Waals surface area contributed by atoms with Crippen LogP contribution >= 0.6 is 43.2 Å². The molecule has 20 heteroatoms. The molecule has 4 atom stereocenters. The fraction of sp³-hybridized carbons (Fsp3) is 0.714. The molecule has 1 saturated heterocycles. The molecule has 0 spiro atoms. The van der Waals surface area contributed by atoms with Crippen LogP contribution in [0.25, 0.3) is 0 Å². The highest BCUT2D eigenvalue weighted by atomic mass is 33.1. The van der Waals surface area contributed by atoms with Crippen LogP contribution in [0.4, 0.5) is 0 Å². The smallest absolute Gasteiger partial charge is 0.329 e. The number of amides is 4. The van der Waals surface area contributed by atoms with Gasteiger partial charge in [0.25, 0.3) is 0 Å². The fourth-order valence-electron chi connectivity index (χ4n) is 3.92. The average Bonchev–Trinajstić information content (AvgIpc) is 3.08. The van der Waals surface area contributed by atoms with Gasteiger partial charge < -0.3 is 40.2 Å². The van der Waals surface area contributed by atoms with Crippen LogP contribution in [0.1, 0.15) is 51.4 Å². The first-order valence-electron chi connectivity index (χ1n) is 14.9. The van der Waals surface area contributed by atoms with Gasteiger partial charge in [-0.25, -0.2) is 19.2 Å². The molecule has 0 aromatic heterocycles. The average molecular weight is 757 g/mol. The molecule has 1 heterocycles. The summed E-state index contributed by atoms with van der Waals surface area (Å²) in [5.41, 5.74) is 0. The second-order valence-corrected chi connectivity index (χ2v) is 15.2. The van der Waals surface area contributed by atoms with E-state index in [1.54, 1.807) is 0 Å². The second-order valence-electron chi connectivity index (χ2n) is 10.1. The zero-order valence-corrected chi connectivity index (χ0v) is 30.6. The highest BCUT2D eigenvalue weighted by molar-refractivity contribution is 8.77. The Morgan fingerprint density at radius 3 is 0.792 bits per heavy atom. The van der Waals surface area contributed by atoms with Gasteiger partial charge in [0.05, 0.1) is 28.4 Å². The summed E-state index contributed by atoms with van der Waals surface area (Å²) in [4.78, 5) is 99.2. The van der Waals surface area contributed by atoms with Gasteiger partial charge in [-0.15, -0.1) is 0 Å². The van der Waals surface area contributed by atoms with Gasteiger partial charge >= 0.3 is 23.9 Å². The van der Waals surface area contributed by atoms with Gasteiger partial charge in [-0.2, -0.15) is 0 Å². The van der Waals surface area contributed by atoms with Crippen molar-refractivity contribution in [3.8, 4) is 0 Å². The summed E-state index contributed by atoms with van der Waals surface area (Å²) < 4.78 is 19.2. The SMILES string of the molecule is COC(=O)[C@@H]1CSSC[C@@H](C(=O)OC)NC(=O)CCCCC(=O)N[C@H](C(=O)OC)CSSC[C@@H](C(=O)OC)NC(=O)CCCCC(=O)N1. The second kappa shape index (κ2) is 25.2. The summed E-state index contributed by atoms with van der Waals surface area (Å²) in [5, 5.41) is 10.5. The first-order valence-corrected chi connectivity index (χ1v) is 19.9. The van der Waals surface area contributed by atoms with Crippen molar-refractivity contribution in [1.82, 2.24) is 21.3 Å². The molecule has 4 amide bonds. The number of esters is 4. The third kappa shape index (κ3) is 18.1. The van der Waals surface area contributed by atoms with E-state index in [0.29, 0.717) is 25.7 Å². The highest BCUT2D eigenvalue weighted by Gasteiger charge is 2.26. The molecule has 0 aromatic carbocycles. The van der Waals surface area contributed by atoms with Crippen LogP contribution in [0.15, 0.2) is 0 Å². The monoisotopic (exact) mass is 756 g/mol. The van der Waals surface area contributed by atoms with Gasteiger partial charge in [-0.1, -0.05) is 43.2 Å². The third-order valence-corrected chi connectivity index (χ3v) is 11.3. The maximum atomic E-state index is 12.5. The Labute approximate surface area is 295 Å². The van der Waals surface area contributed by atoms with Crippen molar-refractivity contribution in [1.29, 1.82) is 0 Å². The maximum Gasteiger partial charge on any atom is 0.329 e. The van der Waals surface area contributed by atoms with Crippen LogP contribution in [0.5, 0.6) is 0 Å². The lowest BCUT2D eigenvalue weighted by Gasteiger charge is -2.19. The molecule has 0 unspecified atom stereocenters. The van der Waals surface area contributed by atoms with Crippen molar-refractivity contribution >= 4 is 90.7 Å². The summed E-state index contributed by atoms with van der Waals surface area (Å²) in [7, 11) is 9.51. The minimum atomic E-state index is -0.974. The minimum Gasteiger partial charge on any atom is -0.467 e. The lowest BCUT2D eigenvalue weighted by Crippen LogP contribution is -2.44. The normalized spacial score (nSPS) is 24.1. The fourth-order valence-corrected chi connectivity index (χ4v) is 8.51. The van der Waals surface area contributed by atoms with E-state index in [1.807, 2.05) is 0 Å². The Morgan fingerprint density at radius 1 is 0.438 bits per heavy atom. The van der Waals surface area contributed by atoms with Gasteiger partial charge in [0.2, 0.25) is 23.6 Å². The van der Waals surface area contributed by atoms with E-state index in [4.69, 9.17) is 18.9 Å². The molecule has 4 N–H and O–H groups in total. The molecule has 0 bridgehead atoms. The van der Waals surface area contributed by atoms with Crippen molar-refractivity contribution in [2.45, 2.75) is 75.5 Å². The molecule has 1 aliphatic heterocycles. The van der Waals surface area contributed by atoms with Gasteiger partial charge in [0, 0.05) is 48.7 Å². The Bertz CT molecular complexity index is 948. The number of hydrogen-bond acceptors (Lipinski definition) is 16. The molecule has 16 nitrogen and oxygen atoms in total. The maximum absolute atomic E-state index is 12.5. The van der Waals surface area contributed by atoms with Crippen molar-refractivity contribution in [2.24, 2.45) is 0 Å². The van der Waals surface area contributed by atoms with E-state index >= 15 is 0 Å². The molecule has 1 aliphatic rings. The zero-order chi connectivity index (χ0) is 35.9. The molecular weight excluding hydrogens is 713 g/mol. The number of ether oxygens (including phenoxy) is 4. The molecule has 272 valence electrons. The summed E-state index contributed by atoms with van der Waals surface area (Å²) in [5.74, 6) is -3.90. The minimum absolute atomic E-state index is 0.0276. The number of hydrogen-bond donors (Lipinski definition) is 4. The largest absolute Gasteiger partial charge is 0.467 e. The lowest BCUT2D eigenvalue weighted by atomic mass is 10.1. The molecule has 1 rings (SSSR count). The number of rotatable bonds is 4. The van der Waals surface area contributed by atoms with E-state index in [-0.39, 0.29) is 48.7 Å². The standard InChI is InChI=1S/C28H44N4O12S4/c1-41-25(37)17-13-45-46-14-18(26(38)42-2)30-23(35)11-7-8-12-24(36)32-20(28(40)44-4)16-48-47-15-19(27(39)43-3)31-22(34)10-6-5-9-21(33)29-17/h17-20H,5-16H2,1-4H3,(H,29,33)(H,30,35)(H,31,34)(H,32,36)/t17-,18-,19-,20-/m0/s1. The molecule has 0 saturated carbocycles. The first kappa shape index (κ1) is 43.2. The van der Waals surface area contributed by atoms with E-state index in [2.05, 4.69) is 21.3 Å². The van der Waals surface area contributed by atoms with Crippen LogP contribution in [0, 0.1) is 0 Å². The van der Waals surface area contributed by atoms with Crippen LogP contribution in [0.2, 0.25) is 0 Å². The number of carbonyl (C=O) groups excluding carboxylic acids is 8. The zero-order valence-electron chi connectivity index (χ0n) is 27.3. The van der Waals surface area contributed by atoms with E-state index in [0.717, 1.165) is 0 Å². The predicted octanol–water partition coefficient (Wildman–Crippen LogP) is 0.515. The van der Waals surface area contributed by atoms with Crippen molar-refractivity contribution in [3.05, 3.63) is 0 Å². The molecular formula is C28H44N4O12S4. The summed E-state index contributed by atoms with van der Waals surface area (Å²) in [6, 6.07) is -3.90. The quantitative estimate of drug-likeness (QED) is 0.174. The highest BCUT2D eigenvalue weighted by Crippen LogP contribution is 2.25. The molecule has 0 radical (unpaired) electrons. The van der Waals surface area contributed by atoms with Gasteiger partial charge in [0.1, 0.15) is 24.2 Å². The van der Waals surface area contributed by atoms with Crippen LogP contribution in [-0.2, 0) is 57.3 Å². The Balaban J connectivity index is 2.98. The number of carbonyl (C=O) groups is 8. The molecule has 0 aromatic rings. The summed E-state index contributed by atoms with van der Waals surface area (Å²) in [6.45, 7) is 0. The first-order chi connectivity index (χ1) is 22.9. The van der Waals surface area contributed by atoms with Crippen molar-refractivity contribution in [2.75, 3.05) is 51.5 Å². The molecule has 0 aliphatic carbocycles. The van der Waals surface area contributed by atoms with E-state index in [1.165, 1.54) is 71.6 Å². The topological polar surface area (TPSA) is 222 Å². The van der Waals surface area contributed by atoms with Crippen LogP contribution in [0.3, 0.4) is 0 Å². The van der Waals surface area contributed by atoms with Crippen molar-refractivity contribution in [3.63, 3.8) is 0 Å². The van der Waals surface area contributed by atoms with Crippen LogP contribution < -0.4 is 21.3 Å². The third-order valence-electron chi connectivity index (χ3n) is 6.50. The Morgan fingerprint density at radius 2 is 0.625 bits per heavy atom. The van der Waals surface area contributed by atoms with Gasteiger partial charge in [-0.3, -0.25) is 19.2 Å². The van der Waals surface area contributed by atoms with Gasteiger partial charge in [-0.05, 0) is 25.7 Å². The van der Waals surface area contributed by atoms with Crippen molar-refractivity contribution < 1.29 is 57.3 Å². The predicted molar refractivity (Wildman–Crippen MR) is 183 cm³/mol. The molecule has 48 heavy (non-hydrogen) atoms. The summed E-state index contributed by atoms with van der Waals surface area (Å²) >= 11 is 0. The van der Waals surface area contributed by atoms with E-state index in [9.17, 15) is 38.4 Å².